The summed E-state index contributed by atoms with van der Waals surface area (Å²) >= 11 is 0. The Morgan fingerprint density at radius 1 is 1.23 bits per heavy atom. The smallest absolute Gasteiger partial charge is 0.133 e. The molecule has 22 heavy (non-hydrogen) atoms. The fourth-order valence-electron chi connectivity index (χ4n) is 4.51. The highest BCUT2D eigenvalue weighted by Crippen LogP contribution is 2.33. The van der Waals surface area contributed by atoms with Gasteiger partial charge < -0.3 is 9.26 Å². The van der Waals surface area contributed by atoms with Crippen molar-refractivity contribution in [2.24, 2.45) is 5.92 Å². The minimum absolute atomic E-state index is 0.446. The quantitative estimate of drug-likeness (QED) is 0.855. The lowest BCUT2D eigenvalue weighted by Crippen LogP contribution is -2.60. The lowest BCUT2D eigenvalue weighted by Gasteiger charge is -2.48. The molecule has 4 rings (SSSR count). The van der Waals surface area contributed by atoms with Gasteiger partial charge in [0.1, 0.15) is 5.76 Å². The third-order valence-corrected chi connectivity index (χ3v) is 5.48. The summed E-state index contributed by atoms with van der Waals surface area (Å²) < 4.78 is 11.4. The highest BCUT2D eigenvalue weighted by molar-refractivity contribution is 5.05. The van der Waals surface area contributed by atoms with Gasteiger partial charge in [0, 0.05) is 38.3 Å². The maximum Gasteiger partial charge on any atom is 0.133 e. The second-order valence-corrected chi connectivity index (χ2v) is 7.17. The van der Waals surface area contributed by atoms with Crippen LogP contribution in [0.25, 0.3) is 0 Å². The minimum Gasteiger partial charge on any atom is -0.376 e. The van der Waals surface area contributed by atoms with Gasteiger partial charge in [0.25, 0.3) is 0 Å². The third-order valence-electron chi connectivity index (χ3n) is 5.48. The van der Waals surface area contributed by atoms with E-state index in [2.05, 4.69) is 21.0 Å². The van der Waals surface area contributed by atoms with Gasteiger partial charge in [0.05, 0.1) is 11.8 Å². The summed E-state index contributed by atoms with van der Waals surface area (Å²) in [6.07, 6.45) is 5.66. The van der Waals surface area contributed by atoms with E-state index >= 15 is 0 Å². The molecule has 3 fully saturated rings. The van der Waals surface area contributed by atoms with E-state index in [4.69, 9.17) is 9.26 Å². The van der Waals surface area contributed by atoms with Crippen molar-refractivity contribution in [1.29, 1.82) is 0 Å². The molecule has 3 saturated heterocycles. The van der Waals surface area contributed by atoms with Gasteiger partial charge in [-0.3, -0.25) is 9.80 Å². The molecule has 0 spiro atoms. The molecule has 5 heteroatoms. The largest absolute Gasteiger partial charge is 0.376 e. The van der Waals surface area contributed by atoms with Crippen LogP contribution in [0.1, 0.15) is 37.1 Å². The Morgan fingerprint density at radius 2 is 2.09 bits per heavy atom. The van der Waals surface area contributed by atoms with Gasteiger partial charge in [-0.25, -0.2) is 0 Å². The first-order valence-corrected chi connectivity index (χ1v) is 8.80. The summed E-state index contributed by atoms with van der Waals surface area (Å²) in [6, 6.07) is 2.63. The van der Waals surface area contributed by atoms with E-state index in [1.54, 1.807) is 0 Å². The van der Waals surface area contributed by atoms with Crippen molar-refractivity contribution in [1.82, 2.24) is 15.0 Å². The average molecular weight is 305 g/mol. The second kappa shape index (κ2) is 6.30. The molecule has 0 amide bonds. The Bertz CT molecular complexity index is 498. The van der Waals surface area contributed by atoms with Crippen LogP contribution in [0.15, 0.2) is 10.6 Å². The number of fused-ring (bicyclic) bond motifs is 1. The number of hydrogen-bond acceptors (Lipinski definition) is 5. The summed E-state index contributed by atoms with van der Waals surface area (Å²) in [7, 11) is 0. The fraction of sp³-hybridized carbons (Fsp3) is 0.824. The number of aryl methyl sites for hydroxylation is 1. The number of likely N-dealkylation sites (tertiary alicyclic amines) is 2. The number of rotatable bonds is 3. The molecule has 122 valence electrons. The van der Waals surface area contributed by atoms with E-state index in [0.29, 0.717) is 18.1 Å². The predicted molar refractivity (Wildman–Crippen MR) is 83.6 cm³/mol. The highest BCUT2D eigenvalue weighted by atomic mass is 16.5. The molecule has 0 N–H and O–H groups in total. The summed E-state index contributed by atoms with van der Waals surface area (Å²) in [5.74, 6) is 1.59. The van der Waals surface area contributed by atoms with E-state index in [-0.39, 0.29) is 0 Å². The van der Waals surface area contributed by atoms with Crippen LogP contribution in [0.4, 0.5) is 0 Å². The molecular weight excluding hydrogens is 278 g/mol. The third kappa shape index (κ3) is 2.94. The average Bonchev–Trinajstić information content (AvgIpc) is 3.18. The molecule has 4 heterocycles. The molecule has 5 nitrogen and oxygen atoms in total. The predicted octanol–water partition coefficient (Wildman–Crippen LogP) is 2.06. The fourth-order valence-corrected chi connectivity index (χ4v) is 4.51. The number of ether oxygens (including phenoxy) is 1. The molecule has 0 aromatic carbocycles. The zero-order valence-corrected chi connectivity index (χ0v) is 13.5. The highest BCUT2D eigenvalue weighted by Gasteiger charge is 2.42. The molecule has 0 bridgehead atoms. The number of aromatic nitrogens is 1. The molecule has 3 aliphatic heterocycles. The van der Waals surface area contributed by atoms with Crippen molar-refractivity contribution in [3.8, 4) is 0 Å². The molecule has 0 aliphatic carbocycles. The van der Waals surface area contributed by atoms with E-state index in [9.17, 15) is 0 Å². The van der Waals surface area contributed by atoms with Gasteiger partial charge >= 0.3 is 0 Å². The maximum absolute atomic E-state index is 6.21. The van der Waals surface area contributed by atoms with Crippen molar-refractivity contribution < 1.29 is 9.26 Å². The number of piperidine rings is 1. The summed E-state index contributed by atoms with van der Waals surface area (Å²) in [6.45, 7) is 8.56. The zero-order valence-electron chi connectivity index (χ0n) is 13.5. The van der Waals surface area contributed by atoms with Gasteiger partial charge in [0.2, 0.25) is 0 Å². The molecule has 1 aromatic heterocycles. The first-order valence-electron chi connectivity index (χ1n) is 8.80. The lowest BCUT2D eigenvalue weighted by atomic mass is 9.84. The Balaban J connectivity index is 1.48. The van der Waals surface area contributed by atoms with Crippen LogP contribution in [-0.4, -0.2) is 59.9 Å². The lowest BCUT2D eigenvalue weighted by molar-refractivity contribution is -0.112. The van der Waals surface area contributed by atoms with E-state index in [0.717, 1.165) is 37.7 Å². The molecular formula is C17H27N3O2. The van der Waals surface area contributed by atoms with Crippen molar-refractivity contribution >= 4 is 0 Å². The molecule has 1 aromatic rings. The Morgan fingerprint density at radius 3 is 2.86 bits per heavy atom. The standard InChI is InChI=1S/C17H27N3O2/c1-13-9-15(18-22-13)11-19-10-14-5-4-8-21-17(14)16(12-19)20-6-2-3-7-20/h9,14,16-17H,2-8,10-12H2,1H3/t14-,16+,17-/m0/s1. The Labute approximate surface area is 132 Å². The first-order chi connectivity index (χ1) is 10.8. The summed E-state index contributed by atoms with van der Waals surface area (Å²) in [5.41, 5.74) is 1.06. The van der Waals surface area contributed by atoms with Crippen molar-refractivity contribution in [3.05, 3.63) is 17.5 Å². The van der Waals surface area contributed by atoms with Crippen LogP contribution in [0, 0.1) is 12.8 Å². The van der Waals surface area contributed by atoms with E-state index in [1.807, 2.05) is 6.92 Å². The monoisotopic (exact) mass is 305 g/mol. The van der Waals surface area contributed by atoms with E-state index in [1.165, 1.54) is 38.8 Å². The van der Waals surface area contributed by atoms with Crippen LogP contribution in [0.3, 0.4) is 0 Å². The Kier molecular flexibility index (Phi) is 4.20. The van der Waals surface area contributed by atoms with Crippen LogP contribution in [-0.2, 0) is 11.3 Å². The van der Waals surface area contributed by atoms with Gasteiger partial charge in [-0.05, 0) is 51.6 Å². The first kappa shape index (κ1) is 14.7. The van der Waals surface area contributed by atoms with Gasteiger partial charge in [0.15, 0.2) is 0 Å². The van der Waals surface area contributed by atoms with Crippen molar-refractivity contribution in [2.75, 3.05) is 32.8 Å². The van der Waals surface area contributed by atoms with Crippen molar-refractivity contribution in [2.45, 2.75) is 51.3 Å². The van der Waals surface area contributed by atoms with E-state index < -0.39 is 0 Å². The molecule has 3 atom stereocenters. The maximum atomic E-state index is 6.21. The molecule has 0 radical (unpaired) electrons. The molecule has 3 aliphatic rings. The second-order valence-electron chi connectivity index (χ2n) is 7.17. The van der Waals surface area contributed by atoms with Crippen LogP contribution in [0.5, 0.6) is 0 Å². The van der Waals surface area contributed by atoms with Crippen LogP contribution in [0.2, 0.25) is 0 Å². The topological polar surface area (TPSA) is 41.7 Å². The molecule has 0 unspecified atom stereocenters. The van der Waals surface area contributed by atoms with Gasteiger partial charge in [-0.15, -0.1) is 0 Å². The van der Waals surface area contributed by atoms with Crippen LogP contribution < -0.4 is 0 Å². The van der Waals surface area contributed by atoms with Crippen LogP contribution >= 0.6 is 0 Å². The van der Waals surface area contributed by atoms with Gasteiger partial charge in [-0.2, -0.15) is 0 Å². The summed E-state index contributed by atoms with van der Waals surface area (Å²) in [5, 5.41) is 4.17. The minimum atomic E-state index is 0.446. The molecule has 0 saturated carbocycles. The summed E-state index contributed by atoms with van der Waals surface area (Å²) in [4.78, 5) is 5.24. The van der Waals surface area contributed by atoms with Gasteiger partial charge in [-0.1, -0.05) is 5.16 Å². The number of hydrogen-bond donors (Lipinski definition) is 0. The zero-order chi connectivity index (χ0) is 14.9. The SMILES string of the molecule is Cc1cc(CN2C[C@@H]3CCCO[C@@H]3[C@H](N3CCCC3)C2)no1. The Hall–Kier alpha value is -0.910. The van der Waals surface area contributed by atoms with Crippen molar-refractivity contribution in [3.63, 3.8) is 0 Å². The normalized spacial score (nSPS) is 34.0. The number of nitrogens with zero attached hydrogens (tertiary/aromatic N) is 3.